The largest absolute Gasteiger partial charge is 0.497 e. The molecule has 133 heavy (non-hydrogen) atoms. The van der Waals surface area contributed by atoms with E-state index in [4.69, 9.17) is 16.3 Å². The maximum absolute atomic E-state index is 12.9. The van der Waals surface area contributed by atoms with Crippen molar-refractivity contribution in [2.45, 2.75) is 368 Å². The maximum Gasteiger partial charge on any atom is 0.268 e. The number of methoxy groups -OCH3 is 1. The van der Waals surface area contributed by atoms with Gasteiger partial charge in [0.05, 0.1) is 31.5 Å². The predicted molar refractivity (Wildman–Crippen MR) is 547 cm³/mol. The highest BCUT2D eigenvalue weighted by atomic mass is 79.9. The van der Waals surface area contributed by atoms with Crippen LogP contribution in [0.25, 0.3) is 43.6 Å². The molecule has 0 aliphatic heterocycles. The first-order valence-electron chi connectivity index (χ1n) is 50.1. The lowest BCUT2D eigenvalue weighted by atomic mass is 10.1. The first-order valence-corrected chi connectivity index (χ1v) is 51.3. The molecule has 8 amide bonds. The number of carbonyl (C=O) groups is 8. The van der Waals surface area contributed by atoms with Crippen molar-refractivity contribution in [1.29, 1.82) is 0 Å². The normalized spacial score (nSPS) is 13.1. The molecule has 0 bridgehead atoms. The van der Waals surface area contributed by atoms with Crippen LogP contribution in [0.2, 0.25) is 5.02 Å². The highest BCUT2D eigenvalue weighted by Crippen LogP contribution is 2.27. The Labute approximate surface area is 807 Å². The molecule has 0 aliphatic carbocycles. The van der Waals surface area contributed by atoms with Crippen LogP contribution in [0.5, 0.6) is 5.75 Å². The van der Waals surface area contributed by atoms with Gasteiger partial charge < -0.3 is 86.0 Å². The molecule has 8 rings (SSSR count). The van der Waals surface area contributed by atoms with E-state index in [0.717, 1.165) is 105 Å². The standard InChI is InChI=1S/C27H43N3O4.C27H43N3O3.C26H40BrN3O3.C26H40ClN3O3/c1-5-6-7-8-9-10-11-12-13-14-17-30(3)27(33)25(20(2)31)29-26(32)24-19-21-18-22(34-4)15-16-23(21)28-24;1-5-6-7-8-9-10-11-12-13-14-17-30(4)27(33)25(21(3)31)29-26(32)24-19-22-18-20(2)15-16-23(22)28-24;2*1-4-5-6-7-8-9-10-11-12-13-16-30(3)26(33)24(19(2)31)29-25(32)23-18-20-17-21(27)14-15-22(20)28-23/h15-16,18-20,25,28,31H,5-14,17H2,1-4H3,(H,29,32);15-16,18-19,21,25,28,31H,5-14,17H2,1-4H3,(H,29,32);2*14-15,17-19,24,28,31H,4-13,16H2,1-3H3,(H,29,32)/t20-,25+;21-,25+;2*19-,24+/m1111/s1. The van der Waals surface area contributed by atoms with Crippen molar-refractivity contribution in [1.82, 2.24) is 60.8 Å². The van der Waals surface area contributed by atoms with Gasteiger partial charge in [0.15, 0.2) is 0 Å². The van der Waals surface area contributed by atoms with Crippen LogP contribution in [0.4, 0.5) is 0 Å². The average Bonchev–Trinajstić information content (AvgIpc) is 1.69. The van der Waals surface area contributed by atoms with Crippen LogP contribution in [-0.4, -0.2) is 217 Å². The summed E-state index contributed by atoms with van der Waals surface area (Å²) in [5.41, 5.74) is 5.78. The van der Waals surface area contributed by atoms with E-state index >= 15 is 0 Å². The van der Waals surface area contributed by atoms with Crippen molar-refractivity contribution >= 4 is 118 Å². The van der Waals surface area contributed by atoms with Crippen LogP contribution < -0.4 is 26.0 Å². The molecule has 0 aliphatic rings. The van der Waals surface area contributed by atoms with E-state index in [-0.39, 0.29) is 23.6 Å². The summed E-state index contributed by atoms with van der Waals surface area (Å²) in [5.74, 6) is -2.07. The molecule has 0 unspecified atom stereocenters. The maximum atomic E-state index is 12.9. The van der Waals surface area contributed by atoms with Gasteiger partial charge in [0.25, 0.3) is 23.6 Å². The van der Waals surface area contributed by atoms with Crippen LogP contribution in [0.15, 0.2) is 102 Å². The molecule has 0 radical (unpaired) electrons. The highest BCUT2D eigenvalue weighted by molar-refractivity contribution is 9.10. The summed E-state index contributed by atoms with van der Waals surface area (Å²) in [7, 11) is 8.52. The van der Waals surface area contributed by atoms with E-state index in [1.165, 1.54) is 233 Å². The molecule has 0 spiro atoms. The van der Waals surface area contributed by atoms with Crippen molar-refractivity contribution < 1.29 is 63.5 Å². The number of likely N-dealkylation sites (N-methyl/N-ethyl adjacent to an activating group) is 4. The van der Waals surface area contributed by atoms with Crippen LogP contribution in [-0.2, 0) is 19.2 Å². The van der Waals surface area contributed by atoms with Gasteiger partial charge in [-0.05, 0) is 151 Å². The Hall–Kier alpha value is -8.79. The van der Waals surface area contributed by atoms with Gasteiger partial charge in [0.1, 0.15) is 52.7 Å². The number of aliphatic hydroxyl groups is 4. The summed E-state index contributed by atoms with van der Waals surface area (Å²) in [5, 5.41) is 55.6. The Morgan fingerprint density at radius 3 is 0.812 bits per heavy atom. The van der Waals surface area contributed by atoms with Crippen LogP contribution in [0.1, 0.15) is 360 Å². The summed E-state index contributed by atoms with van der Waals surface area (Å²) >= 11 is 9.44. The number of H-pyrrole nitrogens is 4. The number of nitrogens with one attached hydrogen (secondary N) is 8. The Balaban J connectivity index is 0.000000314. The second kappa shape index (κ2) is 65.0. The zero-order valence-electron chi connectivity index (χ0n) is 83.0. The number of carbonyl (C=O) groups excluding carboxylic acids is 8. The van der Waals surface area contributed by atoms with Crippen molar-refractivity contribution in [3.8, 4) is 5.75 Å². The van der Waals surface area contributed by atoms with Gasteiger partial charge in [-0.1, -0.05) is 298 Å². The van der Waals surface area contributed by atoms with Gasteiger partial charge in [-0.2, -0.15) is 0 Å². The third-order valence-electron chi connectivity index (χ3n) is 24.8. The minimum absolute atomic E-state index is 0.263. The van der Waals surface area contributed by atoms with E-state index in [9.17, 15) is 58.8 Å². The van der Waals surface area contributed by atoms with Gasteiger partial charge in [-0.3, -0.25) is 38.4 Å². The summed E-state index contributed by atoms with van der Waals surface area (Å²) < 4.78 is 6.15. The molecule has 12 N–H and O–H groups in total. The first kappa shape index (κ1) is 115. The monoisotopic (exact) mass is 1930 g/mol. The average molecular weight is 1930 g/mol. The zero-order chi connectivity index (χ0) is 97.6. The lowest BCUT2D eigenvalue weighted by Crippen LogP contribution is -2.53. The second-order valence-electron chi connectivity index (χ2n) is 36.8. The number of aromatic amines is 4. The Bertz CT molecular complexity index is 4350. The number of benzene rings is 4. The molecule has 0 saturated heterocycles. The van der Waals surface area contributed by atoms with E-state index in [1.807, 2.05) is 61.5 Å². The van der Waals surface area contributed by atoms with E-state index in [0.29, 0.717) is 59.7 Å². The smallest absolute Gasteiger partial charge is 0.268 e. The topological polar surface area (TPSA) is 351 Å². The number of amides is 8. The van der Waals surface area contributed by atoms with E-state index in [1.54, 1.807) is 97.4 Å². The predicted octanol–water partition coefficient (Wildman–Crippen LogP) is 21.8. The fourth-order valence-corrected chi connectivity index (χ4v) is 16.9. The molecule has 25 nitrogen and oxygen atoms in total. The van der Waals surface area contributed by atoms with Crippen LogP contribution >= 0.6 is 27.5 Å². The molecule has 0 fully saturated rings. The number of nitrogens with zero attached hydrogens (tertiary/aromatic N) is 4. The van der Waals surface area contributed by atoms with Crippen molar-refractivity contribution in [3.05, 3.63) is 135 Å². The number of hydrogen-bond donors (Lipinski definition) is 12. The van der Waals surface area contributed by atoms with Gasteiger partial charge in [-0.15, -0.1) is 0 Å². The quantitative estimate of drug-likeness (QED) is 0.0158. The summed E-state index contributed by atoms with van der Waals surface area (Å²) in [6.45, 7) is 19.5. The molecule has 8 aromatic rings. The number of unbranched alkanes of at least 4 members (excludes halogenated alkanes) is 36. The molecule has 0 saturated carbocycles. The minimum Gasteiger partial charge on any atom is -0.497 e. The van der Waals surface area contributed by atoms with Gasteiger partial charge in [-0.25, -0.2) is 0 Å². The second-order valence-corrected chi connectivity index (χ2v) is 38.1. The molecule has 27 heteroatoms. The number of aryl methyl sites for hydroxylation is 1. The summed E-state index contributed by atoms with van der Waals surface area (Å²) in [6.07, 6.45) is 45.4. The lowest BCUT2D eigenvalue weighted by molar-refractivity contribution is -0.135. The number of rotatable bonds is 61. The van der Waals surface area contributed by atoms with Crippen molar-refractivity contribution in [2.24, 2.45) is 0 Å². The molecule has 4 heterocycles. The molecule has 8 atom stereocenters. The number of hydrogen-bond acceptors (Lipinski definition) is 13. The highest BCUT2D eigenvalue weighted by Gasteiger charge is 2.34. The third-order valence-corrected chi connectivity index (χ3v) is 25.5. The fourth-order valence-electron chi connectivity index (χ4n) is 16.4. The molecule has 4 aromatic heterocycles. The van der Waals surface area contributed by atoms with Crippen LogP contribution in [0, 0.1) is 6.92 Å². The SMILES string of the molecule is CCCCCCCCCCCCN(C)C(=O)[C@@H](NC(=O)c1cc2cc(Br)ccc2[nH]1)[C@@H](C)O.CCCCCCCCCCCCN(C)C(=O)[C@@H](NC(=O)c1cc2cc(C)ccc2[nH]1)[C@@H](C)O.CCCCCCCCCCCCN(C)C(=O)[C@@H](NC(=O)c1cc2cc(Cl)ccc2[nH]1)[C@@H](C)O.CCCCCCCCCCCCN(C)C(=O)[C@@H](NC(=O)c1cc2cc(OC)ccc2[nH]1)[C@@H](C)O. The number of aromatic nitrogens is 4. The van der Waals surface area contributed by atoms with Crippen molar-refractivity contribution in [3.63, 3.8) is 0 Å². The van der Waals surface area contributed by atoms with Gasteiger partial charge in [0, 0.05) is 107 Å². The zero-order valence-corrected chi connectivity index (χ0v) is 85.3. The lowest BCUT2D eigenvalue weighted by Gasteiger charge is -2.26. The van der Waals surface area contributed by atoms with E-state index < -0.39 is 72.2 Å². The van der Waals surface area contributed by atoms with E-state index in [2.05, 4.69) is 84.8 Å². The number of ether oxygens (including phenoxy) is 1. The molecular formula is C106H166BrClN12O13. The molecular weight excluding hydrogens is 1760 g/mol. The first-order chi connectivity index (χ1) is 63.9. The third kappa shape index (κ3) is 43.0. The summed E-state index contributed by atoms with van der Waals surface area (Å²) in [6, 6.07) is 25.3. The van der Waals surface area contributed by atoms with Gasteiger partial charge in [0.2, 0.25) is 23.6 Å². The minimum atomic E-state index is -1.00. The fraction of sp³-hybridized carbons (Fsp3) is 0.623. The van der Waals surface area contributed by atoms with Crippen LogP contribution in [0.3, 0.4) is 0 Å². The Morgan fingerprint density at radius 2 is 0.549 bits per heavy atom. The Kier molecular flexibility index (Phi) is 56.1. The molecule has 742 valence electrons. The van der Waals surface area contributed by atoms with Crippen molar-refractivity contribution in [2.75, 3.05) is 61.5 Å². The molecule has 4 aromatic carbocycles. The number of halogens is 2. The number of aliphatic hydroxyl groups excluding tert-OH is 4. The van der Waals surface area contributed by atoms with Gasteiger partial charge >= 0.3 is 0 Å². The Morgan fingerprint density at radius 1 is 0.323 bits per heavy atom. The number of fused-ring (bicyclic) bond motifs is 4. The summed E-state index contributed by atoms with van der Waals surface area (Å²) in [4.78, 5) is 121.